The number of halogens is 1. The summed E-state index contributed by atoms with van der Waals surface area (Å²) in [5.41, 5.74) is 5.93. The molecule has 3 N–H and O–H groups in total. The summed E-state index contributed by atoms with van der Waals surface area (Å²) in [6.07, 6.45) is -1.40. The maximum atomic E-state index is 10.9. The molecular formula is C10H12ClNO3. The zero-order valence-corrected chi connectivity index (χ0v) is 9.21. The first-order valence-electron chi connectivity index (χ1n) is 4.29. The number of carbonyl (C=O) groups excluding carboxylic acids is 1. The molecule has 82 valence electrons. The van der Waals surface area contributed by atoms with Crippen molar-refractivity contribution in [2.45, 2.75) is 13.0 Å². The van der Waals surface area contributed by atoms with Crippen molar-refractivity contribution < 1.29 is 14.6 Å². The number of nitrogens with two attached hydrogens (primary N) is 1. The third-order valence-corrected chi connectivity index (χ3v) is 2.58. The van der Waals surface area contributed by atoms with Crippen molar-refractivity contribution in [3.8, 4) is 5.75 Å². The molecule has 0 aliphatic heterocycles. The number of carbonyl (C=O) groups is 1. The number of rotatable bonds is 3. The lowest BCUT2D eigenvalue weighted by molar-refractivity contribution is -0.126. The Morgan fingerprint density at radius 3 is 2.67 bits per heavy atom. The maximum Gasteiger partial charge on any atom is 0.251 e. The van der Waals surface area contributed by atoms with Gasteiger partial charge in [0.2, 0.25) is 0 Å². The van der Waals surface area contributed by atoms with Gasteiger partial charge in [0.15, 0.2) is 6.10 Å². The van der Waals surface area contributed by atoms with Crippen molar-refractivity contribution in [2.75, 3.05) is 7.11 Å². The molecule has 0 saturated carbocycles. The third kappa shape index (κ3) is 2.22. The Balaban J connectivity index is 3.35. The van der Waals surface area contributed by atoms with Crippen molar-refractivity contribution in [1.29, 1.82) is 0 Å². The maximum absolute atomic E-state index is 10.9. The summed E-state index contributed by atoms with van der Waals surface area (Å²) in [6.45, 7) is 1.69. The van der Waals surface area contributed by atoms with Crippen molar-refractivity contribution in [3.05, 3.63) is 28.3 Å². The summed E-state index contributed by atoms with van der Waals surface area (Å²) in [6, 6.07) is 3.21. The van der Waals surface area contributed by atoms with Crippen molar-refractivity contribution in [3.63, 3.8) is 0 Å². The van der Waals surface area contributed by atoms with Crippen molar-refractivity contribution in [1.82, 2.24) is 0 Å². The normalized spacial score (nSPS) is 12.3. The van der Waals surface area contributed by atoms with E-state index in [1.807, 2.05) is 0 Å². The van der Waals surface area contributed by atoms with Gasteiger partial charge in [-0.2, -0.15) is 0 Å². The highest BCUT2D eigenvalue weighted by atomic mass is 35.5. The number of amides is 1. The Hall–Kier alpha value is -1.26. The number of hydrogen-bond acceptors (Lipinski definition) is 3. The molecule has 0 saturated heterocycles. The van der Waals surface area contributed by atoms with Crippen LogP contribution in [0.4, 0.5) is 0 Å². The van der Waals surface area contributed by atoms with Crippen LogP contribution in [0.2, 0.25) is 5.02 Å². The molecule has 1 amide bonds. The molecule has 0 aliphatic carbocycles. The van der Waals surface area contributed by atoms with Gasteiger partial charge >= 0.3 is 0 Å². The van der Waals surface area contributed by atoms with E-state index < -0.39 is 12.0 Å². The van der Waals surface area contributed by atoms with E-state index in [1.54, 1.807) is 19.1 Å². The van der Waals surface area contributed by atoms with Gasteiger partial charge < -0.3 is 15.6 Å². The molecule has 15 heavy (non-hydrogen) atoms. The first kappa shape index (κ1) is 11.8. The topological polar surface area (TPSA) is 72.6 Å². The van der Waals surface area contributed by atoms with Crippen LogP contribution >= 0.6 is 11.6 Å². The average molecular weight is 230 g/mol. The average Bonchev–Trinajstić information content (AvgIpc) is 2.20. The van der Waals surface area contributed by atoms with Gasteiger partial charge in [0.1, 0.15) is 5.75 Å². The predicted molar refractivity (Wildman–Crippen MR) is 56.9 cm³/mol. The van der Waals surface area contributed by atoms with Crippen molar-refractivity contribution >= 4 is 17.5 Å². The highest BCUT2D eigenvalue weighted by molar-refractivity contribution is 6.31. The fourth-order valence-corrected chi connectivity index (χ4v) is 1.50. The SMILES string of the molecule is COc1ccc(Cl)c(C)c1C(O)C(N)=O. The minimum Gasteiger partial charge on any atom is -0.496 e. The number of primary amides is 1. The minimum atomic E-state index is -1.40. The van der Waals surface area contributed by atoms with Crippen molar-refractivity contribution in [2.24, 2.45) is 5.73 Å². The fraction of sp³-hybridized carbons (Fsp3) is 0.300. The molecule has 1 aromatic rings. The second-order valence-electron chi connectivity index (χ2n) is 3.09. The van der Waals surface area contributed by atoms with E-state index in [0.29, 0.717) is 21.9 Å². The van der Waals surface area contributed by atoms with Gasteiger partial charge in [-0.3, -0.25) is 4.79 Å². The highest BCUT2D eigenvalue weighted by Crippen LogP contribution is 2.32. The molecule has 5 heteroatoms. The summed E-state index contributed by atoms with van der Waals surface area (Å²) in [5.74, 6) is -0.443. The summed E-state index contributed by atoms with van der Waals surface area (Å²) in [4.78, 5) is 10.9. The van der Waals surface area contributed by atoms with E-state index in [2.05, 4.69) is 0 Å². The standard InChI is InChI=1S/C10H12ClNO3/c1-5-6(11)3-4-7(15-2)8(5)9(13)10(12)14/h3-4,9,13H,1-2H3,(H2,12,14). The lowest BCUT2D eigenvalue weighted by Crippen LogP contribution is -2.22. The number of ether oxygens (including phenoxy) is 1. The Morgan fingerprint density at radius 2 is 2.20 bits per heavy atom. The molecule has 1 unspecified atom stereocenters. The van der Waals surface area contributed by atoms with E-state index in [4.69, 9.17) is 22.1 Å². The molecule has 1 atom stereocenters. The summed E-state index contributed by atoms with van der Waals surface area (Å²) in [5, 5.41) is 10.1. The van der Waals surface area contributed by atoms with Gasteiger partial charge in [0, 0.05) is 10.6 Å². The van der Waals surface area contributed by atoms with Crippen LogP contribution in [0, 0.1) is 6.92 Å². The second-order valence-corrected chi connectivity index (χ2v) is 3.50. The van der Waals surface area contributed by atoms with E-state index >= 15 is 0 Å². The third-order valence-electron chi connectivity index (χ3n) is 2.17. The lowest BCUT2D eigenvalue weighted by Gasteiger charge is -2.15. The van der Waals surface area contributed by atoms with Crippen LogP contribution in [0.5, 0.6) is 5.75 Å². The van der Waals surface area contributed by atoms with Gasteiger partial charge in [-0.25, -0.2) is 0 Å². The van der Waals surface area contributed by atoms with Crippen LogP contribution in [0.3, 0.4) is 0 Å². The number of methoxy groups -OCH3 is 1. The molecule has 0 aliphatic rings. The number of aliphatic hydroxyl groups is 1. The molecule has 4 nitrogen and oxygen atoms in total. The summed E-state index contributed by atoms with van der Waals surface area (Å²) < 4.78 is 5.03. The van der Waals surface area contributed by atoms with E-state index in [-0.39, 0.29) is 0 Å². The molecule has 0 heterocycles. The van der Waals surface area contributed by atoms with Gasteiger partial charge in [-0.05, 0) is 24.6 Å². The quantitative estimate of drug-likeness (QED) is 0.818. The first-order chi connectivity index (χ1) is 6.99. The van der Waals surface area contributed by atoms with Crippen LogP contribution in [-0.4, -0.2) is 18.1 Å². The zero-order chi connectivity index (χ0) is 11.6. The zero-order valence-electron chi connectivity index (χ0n) is 8.45. The number of benzene rings is 1. The summed E-state index contributed by atoms with van der Waals surface area (Å²) >= 11 is 5.87. The van der Waals surface area contributed by atoms with Gasteiger partial charge in [0.25, 0.3) is 5.91 Å². The van der Waals surface area contributed by atoms with Gasteiger partial charge in [-0.1, -0.05) is 11.6 Å². The molecule has 0 spiro atoms. The number of hydrogen-bond donors (Lipinski definition) is 2. The van der Waals surface area contributed by atoms with Gasteiger partial charge in [-0.15, -0.1) is 0 Å². The van der Waals surface area contributed by atoms with Crippen LogP contribution in [0.25, 0.3) is 0 Å². The molecule has 0 bridgehead atoms. The second kappa shape index (κ2) is 4.51. The van der Waals surface area contributed by atoms with Crippen LogP contribution in [0.15, 0.2) is 12.1 Å². The Kier molecular flexibility index (Phi) is 3.55. The first-order valence-corrected chi connectivity index (χ1v) is 4.67. The lowest BCUT2D eigenvalue weighted by atomic mass is 10.0. The van der Waals surface area contributed by atoms with Gasteiger partial charge in [0.05, 0.1) is 7.11 Å². The van der Waals surface area contributed by atoms with E-state index in [1.165, 1.54) is 7.11 Å². The van der Waals surface area contributed by atoms with Crippen LogP contribution in [-0.2, 0) is 4.79 Å². The molecule has 0 radical (unpaired) electrons. The largest absolute Gasteiger partial charge is 0.496 e. The molecule has 0 fully saturated rings. The molecule has 0 aromatic heterocycles. The molecular weight excluding hydrogens is 218 g/mol. The van der Waals surface area contributed by atoms with Crippen LogP contribution in [0.1, 0.15) is 17.2 Å². The monoisotopic (exact) mass is 229 g/mol. The highest BCUT2D eigenvalue weighted by Gasteiger charge is 2.22. The summed E-state index contributed by atoms with van der Waals surface area (Å²) in [7, 11) is 1.44. The molecule has 1 aromatic carbocycles. The van der Waals surface area contributed by atoms with E-state index in [0.717, 1.165) is 0 Å². The Labute approximate surface area is 92.6 Å². The fourth-order valence-electron chi connectivity index (χ4n) is 1.34. The van der Waals surface area contributed by atoms with E-state index in [9.17, 15) is 9.90 Å². The number of aliphatic hydroxyl groups excluding tert-OH is 1. The smallest absolute Gasteiger partial charge is 0.251 e. The predicted octanol–water partition coefficient (Wildman–Crippen LogP) is 1.18. The Morgan fingerprint density at radius 1 is 1.60 bits per heavy atom. The van der Waals surface area contributed by atoms with Crippen LogP contribution < -0.4 is 10.5 Å². The minimum absolute atomic E-state index is 0.317. The molecule has 1 rings (SSSR count). The Bertz CT molecular complexity index is 392.